The number of carbonyl (C=O) groups is 1. The molecule has 1 unspecified atom stereocenters. The van der Waals surface area contributed by atoms with E-state index in [0.717, 1.165) is 0 Å². The van der Waals surface area contributed by atoms with Crippen molar-refractivity contribution in [1.82, 2.24) is 0 Å². The number of nitrogens with two attached hydrogens (primary N) is 1. The number of esters is 1. The third-order valence-corrected chi connectivity index (χ3v) is 2.63. The summed E-state index contributed by atoms with van der Waals surface area (Å²) in [6.07, 6.45) is 0. The zero-order valence-corrected chi connectivity index (χ0v) is 9.99. The lowest BCUT2D eigenvalue weighted by molar-refractivity contribution is -0.144. The predicted octanol–water partition coefficient (Wildman–Crippen LogP) is 1.63. The highest BCUT2D eigenvalue weighted by Crippen LogP contribution is 2.40. The summed E-state index contributed by atoms with van der Waals surface area (Å²) in [6, 6.07) is 2.34. The molecular weight excluding hydrogens is 246 g/mol. The lowest BCUT2D eigenvalue weighted by atomic mass is 10.1. The average Bonchev–Trinajstić information content (AvgIpc) is 2.77. The summed E-state index contributed by atoms with van der Waals surface area (Å²) in [6.45, 7) is 2.12. The number of benzene rings is 1. The third-order valence-electron chi connectivity index (χ3n) is 2.35. The van der Waals surface area contributed by atoms with Gasteiger partial charge in [0, 0.05) is 0 Å². The number of rotatable bonds is 3. The zero-order valence-electron chi connectivity index (χ0n) is 9.23. The molecule has 5 nitrogen and oxygen atoms in total. The molecule has 1 aromatic rings. The van der Waals surface area contributed by atoms with E-state index >= 15 is 0 Å². The first-order valence-corrected chi connectivity index (χ1v) is 5.52. The highest BCUT2D eigenvalue weighted by Gasteiger charge is 2.23. The van der Waals surface area contributed by atoms with Crippen molar-refractivity contribution in [3.05, 3.63) is 22.7 Å². The van der Waals surface area contributed by atoms with E-state index in [9.17, 15) is 4.79 Å². The second kappa shape index (κ2) is 4.81. The van der Waals surface area contributed by atoms with Gasteiger partial charge in [-0.15, -0.1) is 0 Å². The molecule has 6 heteroatoms. The van der Waals surface area contributed by atoms with Gasteiger partial charge in [0.05, 0.1) is 11.6 Å². The topological polar surface area (TPSA) is 70.8 Å². The van der Waals surface area contributed by atoms with Crippen LogP contribution in [0, 0.1) is 0 Å². The van der Waals surface area contributed by atoms with Gasteiger partial charge in [-0.2, -0.15) is 0 Å². The molecule has 17 heavy (non-hydrogen) atoms. The van der Waals surface area contributed by atoms with Crippen molar-refractivity contribution in [2.75, 3.05) is 13.4 Å². The maximum absolute atomic E-state index is 11.5. The number of hydrogen-bond donors (Lipinski definition) is 1. The van der Waals surface area contributed by atoms with Gasteiger partial charge in [0.15, 0.2) is 11.5 Å². The first-order valence-electron chi connectivity index (χ1n) is 5.14. The van der Waals surface area contributed by atoms with Crippen LogP contribution in [0.1, 0.15) is 18.5 Å². The van der Waals surface area contributed by atoms with Crippen molar-refractivity contribution in [3.8, 4) is 11.5 Å². The molecule has 1 atom stereocenters. The Morgan fingerprint density at radius 2 is 2.35 bits per heavy atom. The van der Waals surface area contributed by atoms with Gasteiger partial charge in [-0.05, 0) is 24.6 Å². The van der Waals surface area contributed by atoms with Crippen molar-refractivity contribution >= 4 is 17.6 Å². The summed E-state index contributed by atoms with van der Waals surface area (Å²) in [7, 11) is 0. The van der Waals surface area contributed by atoms with Crippen LogP contribution in [0.5, 0.6) is 11.5 Å². The molecule has 1 aromatic carbocycles. The fourth-order valence-corrected chi connectivity index (χ4v) is 1.81. The van der Waals surface area contributed by atoms with Crippen molar-refractivity contribution in [2.24, 2.45) is 5.73 Å². The van der Waals surface area contributed by atoms with Crippen LogP contribution in [-0.2, 0) is 9.53 Å². The Morgan fingerprint density at radius 3 is 3.06 bits per heavy atom. The Balaban J connectivity index is 2.28. The van der Waals surface area contributed by atoms with Gasteiger partial charge >= 0.3 is 5.97 Å². The van der Waals surface area contributed by atoms with Crippen LogP contribution in [-0.4, -0.2) is 19.4 Å². The van der Waals surface area contributed by atoms with Crippen LogP contribution in [0.25, 0.3) is 0 Å². The molecule has 2 rings (SSSR count). The molecule has 0 bridgehead atoms. The monoisotopic (exact) mass is 257 g/mol. The normalized spacial score (nSPS) is 14.5. The van der Waals surface area contributed by atoms with Crippen LogP contribution < -0.4 is 15.2 Å². The molecule has 92 valence electrons. The van der Waals surface area contributed by atoms with Gasteiger partial charge in [-0.1, -0.05) is 11.6 Å². The predicted molar refractivity (Wildman–Crippen MR) is 61.1 cm³/mol. The van der Waals surface area contributed by atoms with Crippen LogP contribution in [0.3, 0.4) is 0 Å². The van der Waals surface area contributed by atoms with Crippen molar-refractivity contribution in [1.29, 1.82) is 0 Å². The highest BCUT2D eigenvalue weighted by atomic mass is 35.5. The molecule has 2 N–H and O–H groups in total. The molecular formula is C11H12ClNO4. The van der Waals surface area contributed by atoms with Gasteiger partial charge in [-0.3, -0.25) is 0 Å². The lowest BCUT2D eigenvalue weighted by Gasteiger charge is -2.12. The fraction of sp³-hybridized carbons (Fsp3) is 0.364. The van der Waals surface area contributed by atoms with Crippen LogP contribution in [0.2, 0.25) is 5.02 Å². The van der Waals surface area contributed by atoms with E-state index < -0.39 is 12.0 Å². The molecule has 1 heterocycles. The van der Waals surface area contributed by atoms with Crippen molar-refractivity contribution in [2.45, 2.75) is 13.0 Å². The Morgan fingerprint density at radius 1 is 1.59 bits per heavy atom. The fourth-order valence-electron chi connectivity index (χ4n) is 1.53. The van der Waals surface area contributed by atoms with E-state index in [0.29, 0.717) is 22.1 Å². The van der Waals surface area contributed by atoms with E-state index in [1.54, 1.807) is 19.1 Å². The number of carbonyl (C=O) groups excluding carboxylic acids is 1. The number of hydrogen-bond acceptors (Lipinski definition) is 5. The minimum absolute atomic E-state index is 0.118. The molecule has 0 saturated heterocycles. The Bertz CT molecular complexity index is 449. The van der Waals surface area contributed by atoms with E-state index in [1.165, 1.54) is 0 Å². The van der Waals surface area contributed by atoms with E-state index in [-0.39, 0.29) is 13.4 Å². The Hall–Kier alpha value is -1.46. The lowest BCUT2D eigenvalue weighted by Crippen LogP contribution is -2.23. The SMILES string of the molecule is CCOC(=O)C(N)c1cc(Cl)c2c(c1)OCO2. The van der Waals surface area contributed by atoms with E-state index in [4.69, 9.17) is 31.5 Å². The van der Waals surface area contributed by atoms with E-state index in [1.807, 2.05) is 0 Å². The standard InChI is InChI=1S/C11H12ClNO4/c1-2-15-11(14)9(13)6-3-7(12)10-8(4-6)16-5-17-10/h3-4,9H,2,5,13H2,1H3. The van der Waals surface area contributed by atoms with Crippen LogP contribution in [0.4, 0.5) is 0 Å². The van der Waals surface area contributed by atoms with Crippen LogP contribution >= 0.6 is 11.6 Å². The number of fused-ring (bicyclic) bond motifs is 1. The molecule has 1 aliphatic rings. The summed E-state index contributed by atoms with van der Waals surface area (Å²) in [5, 5.41) is 0.370. The summed E-state index contributed by atoms with van der Waals surface area (Å²) in [5.41, 5.74) is 6.30. The van der Waals surface area contributed by atoms with Gasteiger partial charge in [-0.25, -0.2) is 4.79 Å². The van der Waals surface area contributed by atoms with Crippen LogP contribution in [0.15, 0.2) is 12.1 Å². The maximum Gasteiger partial charge on any atom is 0.327 e. The Kier molecular flexibility index (Phi) is 3.40. The minimum Gasteiger partial charge on any atom is -0.465 e. The maximum atomic E-state index is 11.5. The average molecular weight is 258 g/mol. The Labute approximate surface area is 103 Å². The van der Waals surface area contributed by atoms with Gasteiger partial charge in [0.2, 0.25) is 6.79 Å². The molecule has 0 amide bonds. The highest BCUT2D eigenvalue weighted by molar-refractivity contribution is 6.32. The van der Waals surface area contributed by atoms with Gasteiger partial charge < -0.3 is 19.9 Å². The van der Waals surface area contributed by atoms with Crippen molar-refractivity contribution < 1.29 is 19.0 Å². The van der Waals surface area contributed by atoms with E-state index in [2.05, 4.69) is 0 Å². The molecule has 0 fully saturated rings. The summed E-state index contributed by atoms with van der Waals surface area (Å²) >= 11 is 5.99. The molecule has 0 saturated carbocycles. The van der Waals surface area contributed by atoms with Crippen molar-refractivity contribution in [3.63, 3.8) is 0 Å². The largest absolute Gasteiger partial charge is 0.465 e. The molecule has 0 aliphatic carbocycles. The third kappa shape index (κ3) is 2.30. The smallest absolute Gasteiger partial charge is 0.327 e. The zero-order chi connectivity index (χ0) is 12.4. The second-order valence-electron chi connectivity index (χ2n) is 3.47. The second-order valence-corrected chi connectivity index (χ2v) is 3.87. The first kappa shape index (κ1) is 12.0. The molecule has 0 aromatic heterocycles. The minimum atomic E-state index is -0.873. The quantitative estimate of drug-likeness (QED) is 0.834. The van der Waals surface area contributed by atoms with Gasteiger partial charge in [0.25, 0.3) is 0 Å². The summed E-state index contributed by atoms with van der Waals surface area (Å²) < 4.78 is 15.2. The molecule has 1 aliphatic heterocycles. The summed E-state index contributed by atoms with van der Waals surface area (Å²) in [4.78, 5) is 11.5. The summed E-state index contributed by atoms with van der Waals surface area (Å²) in [5.74, 6) is 0.473. The molecule has 0 radical (unpaired) electrons. The number of halogens is 1. The number of ether oxygens (including phenoxy) is 3. The first-order chi connectivity index (χ1) is 8.13. The van der Waals surface area contributed by atoms with Gasteiger partial charge in [0.1, 0.15) is 6.04 Å². The molecule has 0 spiro atoms.